The summed E-state index contributed by atoms with van der Waals surface area (Å²) in [4.78, 5) is 17.4. The van der Waals surface area contributed by atoms with Crippen molar-refractivity contribution in [2.45, 2.75) is 12.1 Å². The molecule has 17 heavy (non-hydrogen) atoms. The number of amides is 1. The Balaban J connectivity index is 2.04. The summed E-state index contributed by atoms with van der Waals surface area (Å²) < 4.78 is 0. The molecule has 0 aliphatic carbocycles. The number of hydrogen-bond acceptors (Lipinski definition) is 4. The first kappa shape index (κ1) is 11.8. The summed E-state index contributed by atoms with van der Waals surface area (Å²) in [6, 6.07) is 2.37. The predicted octanol–water partition coefficient (Wildman–Crippen LogP) is -0.159. The van der Waals surface area contributed by atoms with Crippen molar-refractivity contribution >= 4 is 5.91 Å². The third-order valence-electron chi connectivity index (χ3n) is 2.80. The summed E-state index contributed by atoms with van der Waals surface area (Å²) in [5.41, 5.74) is 6.39. The second-order valence-electron chi connectivity index (χ2n) is 3.97. The minimum absolute atomic E-state index is 0.237. The highest BCUT2D eigenvalue weighted by atomic mass is 16.3. The van der Waals surface area contributed by atoms with Crippen LogP contribution in [-0.4, -0.2) is 40.0 Å². The van der Waals surface area contributed by atoms with Gasteiger partial charge < -0.3 is 15.7 Å². The van der Waals surface area contributed by atoms with E-state index in [1.54, 1.807) is 29.4 Å². The average molecular weight is 233 g/mol. The molecule has 5 heteroatoms. The van der Waals surface area contributed by atoms with Gasteiger partial charge in [-0.2, -0.15) is 0 Å². The van der Waals surface area contributed by atoms with Crippen molar-refractivity contribution in [3.63, 3.8) is 0 Å². The van der Waals surface area contributed by atoms with E-state index in [1.807, 2.05) is 12.2 Å². The van der Waals surface area contributed by atoms with E-state index in [-0.39, 0.29) is 5.91 Å². The Morgan fingerprint density at radius 1 is 1.35 bits per heavy atom. The topological polar surface area (TPSA) is 79.5 Å². The van der Waals surface area contributed by atoms with E-state index in [0.717, 1.165) is 0 Å². The number of carbonyl (C=O) groups excluding carboxylic acids is 1. The Morgan fingerprint density at radius 2 is 1.94 bits per heavy atom. The maximum atomic E-state index is 11.9. The van der Waals surface area contributed by atoms with E-state index < -0.39 is 12.1 Å². The number of carbonyl (C=O) groups is 1. The summed E-state index contributed by atoms with van der Waals surface area (Å²) in [6.45, 7) is 1.13. The number of aliphatic hydroxyl groups excluding tert-OH is 1. The van der Waals surface area contributed by atoms with Crippen LogP contribution in [0, 0.1) is 0 Å². The van der Waals surface area contributed by atoms with Gasteiger partial charge in [-0.15, -0.1) is 0 Å². The van der Waals surface area contributed by atoms with Gasteiger partial charge >= 0.3 is 0 Å². The first-order chi connectivity index (χ1) is 8.20. The zero-order valence-corrected chi connectivity index (χ0v) is 9.36. The maximum Gasteiger partial charge on any atom is 0.243 e. The minimum atomic E-state index is -0.994. The third kappa shape index (κ3) is 2.51. The number of nitrogens with two attached hydrogens (primary N) is 1. The van der Waals surface area contributed by atoms with Crippen LogP contribution < -0.4 is 5.73 Å². The van der Waals surface area contributed by atoms with Gasteiger partial charge in [0.25, 0.3) is 0 Å². The third-order valence-corrected chi connectivity index (χ3v) is 2.80. The van der Waals surface area contributed by atoms with Crippen molar-refractivity contribution in [2.24, 2.45) is 5.73 Å². The van der Waals surface area contributed by atoms with Crippen molar-refractivity contribution < 1.29 is 9.90 Å². The molecule has 0 spiro atoms. The summed E-state index contributed by atoms with van der Waals surface area (Å²) in [5.74, 6) is -0.237. The van der Waals surface area contributed by atoms with Gasteiger partial charge in [-0.1, -0.05) is 12.2 Å². The van der Waals surface area contributed by atoms with Crippen molar-refractivity contribution in [3.8, 4) is 0 Å². The molecule has 5 nitrogen and oxygen atoms in total. The smallest absolute Gasteiger partial charge is 0.243 e. The lowest BCUT2D eigenvalue weighted by Crippen LogP contribution is -2.46. The Morgan fingerprint density at radius 3 is 2.53 bits per heavy atom. The highest BCUT2D eigenvalue weighted by Gasteiger charge is 2.28. The van der Waals surface area contributed by atoms with Crippen LogP contribution in [0.2, 0.25) is 0 Å². The van der Waals surface area contributed by atoms with E-state index in [2.05, 4.69) is 4.98 Å². The minimum Gasteiger partial charge on any atom is -0.386 e. The molecule has 1 amide bonds. The molecule has 1 aliphatic heterocycles. The quantitative estimate of drug-likeness (QED) is 0.711. The zero-order chi connectivity index (χ0) is 12.3. The molecule has 1 aromatic rings. The number of hydrogen-bond donors (Lipinski definition) is 2. The van der Waals surface area contributed by atoms with E-state index in [1.165, 1.54) is 0 Å². The van der Waals surface area contributed by atoms with Gasteiger partial charge in [-0.25, -0.2) is 0 Å². The normalized spacial score (nSPS) is 18.1. The Hall–Kier alpha value is -1.72. The van der Waals surface area contributed by atoms with Crippen LogP contribution in [0.3, 0.4) is 0 Å². The zero-order valence-electron chi connectivity index (χ0n) is 9.36. The fourth-order valence-corrected chi connectivity index (χ4v) is 1.77. The molecule has 3 N–H and O–H groups in total. The predicted molar refractivity (Wildman–Crippen MR) is 62.9 cm³/mol. The average Bonchev–Trinajstić information content (AvgIpc) is 2.91. The van der Waals surface area contributed by atoms with E-state index in [9.17, 15) is 9.90 Å². The molecule has 2 atom stereocenters. The highest BCUT2D eigenvalue weighted by Crippen LogP contribution is 2.16. The molecule has 90 valence electrons. The van der Waals surface area contributed by atoms with E-state index >= 15 is 0 Å². The lowest BCUT2D eigenvalue weighted by molar-refractivity contribution is -0.133. The fraction of sp³-hybridized carbons (Fsp3) is 0.333. The van der Waals surface area contributed by atoms with Crippen molar-refractivity contribution in [2.75, 3.05) is 13.1 Å². The van der Waals surface area contributed by atoms with Crippen LogP contribution in [0.15, 0.2) is 36.7 Å². The van der Waals surface area contributed by atoms with Gasteiger partial charge in [0.15, 0.2) is 0 Å². The molecule has 2 heterocycles. The molecule has 0 aromatic carbocycles. The molecule has 0 saturated heterocycles. The molecular weight excluding hydrogens is 218 g/mol. The van der Waals surface area contributed by atoms with E-state index in [4.69, 9.17) is 5.73 Å². The molecular formula is C12H15N3O2. The number of rotatable bonds is 3. The lowest BCUT2D eigenvalue weighted by atomic mass is 10.0. The Labute approximate surface area is 99.6 Å². The van der Waals surface area contributed by atoms with Gasteiger partial charge in [0.2, 0.25) is 5.91 Å². The maximum absolute atomic E-state index is 11.9. The summed E-state index contributed by atoms with van der Waals surface area (Å²) >= 11 is 0. The Bertz CT molecular complexity index is 411. The summed E-state index contributed by atoms with van der Waals surface area (Å²) in [5, 5.41) is 10.00. The molecule has 0 bridgehead atoms. The van der Waals surface area contributed by atoms with Crippen LogP contribution in [0.4, 0.5) is 0 Å². The van der Waals surface area contributed by atoms with E-state index in [0.29, 0.717) is 18.7 Å². The lowest BCUT2D eigenvalue weighted by Gasteiger charge is -2.23. The molecule has 0 radical (unpaired) electrons. The molecule has 0 saturated carbocycles. The second kappa shape index (κ2) is 5.07. The SMILES string of the molecule is NC(C(=O)N1CC=CC1)C(O)c1ccncc1. The van der Waals surface area contributed by atoms with Crippen LogP contribution in [0.5, 0.6) is 0 Å². The van der Waals surface area contributed by atoms with Gasteiger partial charge in [0.05, 0.1) is 0 Å². The largest absolute Gasteiger partial charge is 0.386 e. The van der Waals surface area contributed by atoms with Crippen LogP contribution in [-0.2, 0) is 4.79 Å². The number of aromatic nitrogens is 1. The van der Waals surface area contributed by atoms with Crippen LogP contribution in [0.1, 0.15) is 11.7 Å². The monoisotopic (exact) mass is 233 g/mol. The standard InChI is InChI=1S/C12H15N3O2/c13-10(12(17)15-7-1-2-8-15)11(16)9-3-5-14-6-4-9/h1-6,10-11,16H,7-8,13H2. The second-order valence-corrected chi connectivity index (χ2v) is 3.97. The van der Waals surface area contributed by atoms with Gasteiger partial charge in [0, 0.05) is 25.5 Å². The number of pyridine rings is 1. The van der Waals surface area contributed by atoms with Crippen molar-refractivity contribution in [3.05, 3.63) is 42.2 Å². The van der Waals surface area contributed by atoms with Crippen LogP contribution in [0.25, 0.3) is 0 Å². The van der Waals surface area contributed by atoms with Crippen molar-refractivity contribution in [1.29, 1.82) is 0 Å². The Kier molecular flexibility index (Phi) is 3.51. The summed E-state index contributed by atoms with van der Waals surface area (Å²) in [7, 11) is 0. The highest BCUT2D eigenvalue weighted by molar-refractivity contribution is 5.83. The first-order valence-electron chi connectivity index (χ1n) is 5.47. The van der Waals surface area contributed by atoms with Gasteiger partial charge in [-0.05, 0) is 17.7 Å². The molecule has 1 aliphatic rings. The summed E-state index contributed by atoms with van der Waals surface area (Å²) in [6.07, 6.45) is 5.94. The van der Waals surface area contributed by atoms with Crippen molar-refractivity contribution in [1.82, 2.24) is 9.88 Å². The fourth-order valence-electron chi connectivity index (χ4n) is 1.77. The first-order valence-corrected chi connectivity index (χ1v) is 5.47. The van der Waals surface area contributed by atoms with Crippen LogP contribution >= 0.6 is 0 Å². The molecule has 1 aromatic heterocycles. The number of aliphatic hydroxyl groups is 1. The van der Waals surface area contributed by atoms with Gasteiger partial charge in [-0.3, -0.25) is 9.78 Å². The number of nitrogens with zero attached hydrogens (tertiary/aromatic N) is 2. The molecule has 2 rings (SSSR count). The van der Waals surface area contributed by atoms with Gasteiger partial charge in [0.1, 0.15) is 12.1 Å². The molecule has 0 fully saturated rings. The molecule has 2 unspecified atom stereocenters.